The molecule has 3 aromatic rings. The van der Waals surface area contributed by atoms with Crippen LogP contribution in [0.5, 0.6) is 0 Å². The molecule has 0 bridgehead atoms. The number of hydrogen-bond acceptors (Lipinski definition) is 7. The molecule has 0 aliphatic rings. The standard InChI is InChI=1S/C14H14N6O4S/c1-9-6-12(20(18-9)14-15-4-3-5-16-14)19-25(22,23)10-7-11(17-8-10)13(21)24-2/h3-8,17,19H,1-2H3. The van der Waals surface area contributed by atoms with Gasteiger partial charge in [-0.1, -0.05) is 0 Å². The molecule has 3 aromatic heterocycles. The summed E-state index contributed by atoms with van der Waals surface area (Å²) in [7, 11) is -2.75. The lowest BCUT2D eigenvalue weighted by Crippen LogP contribution is -2.16. The lowest BCUT2D eigenvalue weighted by Gasteiger charge is -2.08. The molecule has 2 N–H and O–H groups in total. The van der Waals surface area contributed by atoms with E-state index in [1.165, 1.54) is 36.4 Å². The Morgan fingerprint density at radius 1 is 1.28 bits per heavy atom. The number of anilines is 1. The average molecular weight is 362 g/mol. The molecular formula is C14H14N6O4S. The molecule has 0 unspecified atom stereocenters. The molecule has 0 radical (unpaired) electrons. The number of ether oxygens (including phenoxy) is 1. The molecule has 10 nitrogen and oxygen atoms in total. The van der Waals surface area contributed by atoms with Gasteiger partial charge in [-0.3, -0.25) is 4.72 Å². The molecule has 25 heavy (non-hydrogen) atoms. The third-order valence-corrected chi connectivity index (χ3v) is 4.52. The van der Waals surface area contributed by atoms with Crippen LogP contribution < -0.4 is 4.72 Å². The number of nitrogens with zero attached hydrogens (tertiary/aromatic N) is 4. The minimum Gasteiger partial charge on any atom is -0.464 e. The van der Waals surface area contributed by atoms with Crippen LogP contribution in [0, 0.1) is 6.92 Å². The zero-order valence-corrected chi connectivity index (χ0v) is 14.1. The molecule has 0 amide bonds. The number of sulfonamides is 1. The van der Waals surface area contributed by atoms with Crippen LogP contribution in [0.4, 0.5) is 5.82 Å². The van der Waals surface area contributed by atoms with Gasteiger partial charge in [-0.2, -0.15) is 9.78 Å². The molecule has 0 fully saturated rings. The number of methoxy groups -OCH3 is 1. The van der Waals surface area contributed by atoms with Gasteiger partial charge in [0.1, 0.15) is 16.4 Å². The second-order valence-corrected chi connectivity index (χ2v) is 6.66. The number of H-pyrrole nitrogens is 1. The Kier molecular flexibility index (Phi) is 4.23. The van der Waals surface area contributed by atoms with E-state index in [1.807, 2.05) is 0 Å². The van der Waals surface area contributed by atoms with Crippen LogP contribution in [0.15, 0.2) is 41.7 Å². The summed E-state index contributed by atoms with van der Waals surface area (Å²) in [4.78, 5) is 22.0. The zero-order valence-electron chi connectivity index (χ0n) is 13.3. The van der Waals surface area contributed by atoms with E-state index in [0.29, 0.717) is 5.69 Å². The molecule has 3 heterocycles. The summed E-state index contributed by atoms with van der Waals surface area (Å²) >= 11 is 0. The van der Waals surface area contributed by atoms with Crippen LogP contribution in [-0.2, 0) is 14.8 Å². The Labute approximate surface area is 142 Å². The maximum atomic E-state index is 12.6. The van der Waals surface area contributed by atoms with Gasteiger partial charge in [0.25, 0.3) is 16.0 Å². The topological polar surface area (TPSA) is 132 Å². The van der Waals surface area contributed by atoms with Crippen LogP contribution in [0.2, 0.25) is 0 Å². The molecule has 3 rings (SSSR count). The monoisotopic (exact) mass is 362 g/mol. The van der Waals surface area contributed by atoms with Crippen LogP contribution in [0.1, 0.15) is 16.2 Å². The summed E-state index contributed by atoms with van der Waals surface area (Å²) in [6.45, 7) is 1.71. The number of carbonyl (C=O) groups is 1. The average Bonchev–Trinajstić information content (AvgIpc) is 3.22. The third kappa shape index (κ3) is 3.35. The number of nitrogens with one attached hydrogen (secondary N) is 2. The van der Waals surface area contributed by atoms with Crippen molar-refractivity contribution in [1.82, 2.24) is 24.7 Å². The first kappa shape index (κ1) is 16.6. The fraction of sp³-hybridized carbons (Fsp3) is 0.143. The van der Waals surface area contributed by atoms with Crippen LogP contribution in [-0.4, -0.2) is 46.2 Å². The lowest BCUT2D eigenvalue weighted by molar-refractivity contribution is 0.0594. The highest BCUT2D eigenvalue weighted by molar-refractivity contribution is 7.92. The summed E-state index contributed by atoms with van der Waals surface area (Å²) < 4.78 is 33.3. The fourth-order valence-electron chi connectivity index (χ4n) is 2.08. The zero-order chi connectivity index (χ0) is 18.0. The lowest BCUT2D eigenvalue weighted by atomic mass is 10.4. The minimum absolute atomic E-state index is 0.0268. The number of esters is 1. The normalized spacial score (nSPS) is 11.3. The number of rotatable bonds is 5. The second kappa shape index (κ2) is 6.36. The predicted molar refractivity (Wildman–Crippen MR) is 86.8 cm³/mol. The van der Waals surface area contributed by atoms with E-state index in [0.717, 1.165) is 0 Å². The van der Waals surface area contributed by atoms with Crippen molar-refractivity contribution in [3.63, 3.8) is 0 Å². The van der Waals surface area contributed by atoms with Gasteiger partial charge in [0.15, 0.2) is 0 Å². The minimum atomic E-state index is -3.96. The predicted octanol–water partition coefficient (Wildman–Crippen LogP) is 0.886. The Morgan fingerprint density at radius 3 is 2.68 bits per heavy atom. The number of carbonyl (C=O) groups excluding carboxylic acids is 1. The van der Waals surface area contributed by atoms with Crippen LogP contribution in [0.25, 0.3) is 5.95 Å². The van der Waals surface area contributed by atoms with E-state index in [4.69, 9.17) is 0 Å². The Balaban J connectivity index is 1.94. The van der Waals surface area contributed by atoms with Crippen molar-refractivity contribution in [2.75, 3.05) is 11.8 Å². The molecule has 130 valence electrons. The summed E-state index contributed by atoms with van der Waals surface area (Å²) in [5.41, 5.74) is 0.605. The maximum absolute atomic E-state index is 12.6. The van der Waals surface area contributed by atoms with E-state index in [9.17, 15) is 13.2 Å². The summed E-state index contributed by atoms with van der Waals surface area (Å²) in [6, 6.07) is 4.36. The van der Waals surface area contributed by atoms with Gasteiger partial charge < -0.3 is 9.72 Å². The highest BCUT2D eigenvalue weighted by atomic mass is 32.2. The first-order valence-corrected chi connectivity index (χ1v) is 8.52. The highest BCUT2D eigenvalue weighted by Crippen LogP contribution is 2.20. The molecule has 0 aliphatic carbocycles. The highest BCUT2D eigenvalue weighted by Gasteiger charge is 2.21. The van der Waals surface area contributed by atoms with Crippen molar-refractivity contribution >= 4 is 21.8 Å². The maximum Gasteiger partial charge on any atom is 0.354 e. The SMILES string of the molecule is COC(=O)c1cc(S(=O)(=O)Nc2cc(C)nn2-c2ncccn2)c[nH]1. The number of aryl methyl sites for hydroxylation is 1. The number of aromatic amines is 1. The first-order valence-electron chi connectivity index (χ1n) is 7.04. The van der Waals surface area contributed by atoms with Gasteiger partial charge in [-0.25, -0.2) is 23.2 Å². The van der Waals surface area contributed by atoms with Gasteiger partial charge in [-0.15, -0.1) is 0 Å². The van der Waals surface area contributed by atoms with Crippen molar-refractivity contribution in [1.29, 1.82) is 0 Å². The molecule has 0 atom stereocenters. The van der Waals surface area contributed by atoms with Crippen molar-refractivity contribution in [2.24, 2.45) is 0 Å². The van der Waals surface area contributed by atoms with Crippen LogP contribution >= 0.6 is 0 Å². The van der Waals surface area contributed by atoms with Crippen molar-refractivity contribution in [2.45, 2.75) is 11.8 Å². The van der Waals surface area contributed by atoms with E-state index in [1.54, 1.807) is 19.1 Å². The van der Waals surface area contributed by atoms with Gasteiger partial charge in [0.05, 0.1) is 12.8 Å². The number of aromatic nitrogens is 5. The molecule has 0 aliphatic heterocycles. The van der Waals surface area contributed by atoms with E-state index in [-0.39, 0.29) is 22.4 Å². The van der Waals surface area contributed by atoms with Gasteiger partial charge in [-0.05, 0) is 19.1 Å². The van der Waals surface area contributed by atoms with Crippen molar-refractivity contribution in [3.05, 3.63) is 48.2 Å². The molecule has 0 spiro atoms. The van der Waals surface area contributed by atoms with Crippen LogP contribution in [0.3, 0.4) is 0 Å². The molecule has 11 heteroatoms. The van der Waals surface area contributed by atoms with Gasteiger partial charge in [0.2, 0.25) is 0 Å². The van der Waals surface area contributed by atoms with Crippen molar-refractivity contribution in [3.8, 4) is 5.95 Å². The second-order valence-electron chi connectivity index (χ2n) is 4.98. The van der Waals surface area contributed by atoms with E-state index >= 15 is 0 Å². The van der Waals surface area contributed by atoms with E-state index in [2.05, 4.69) is 29.5 Å². The summed E-state index contributed by atoms with van der Waals surface area (Å²) in [6.07, 6.45) is 4.24. The van der Waals surface area contributed by atoms with Crippen molar-refractivity contribution < 1.29 is 17.9 Å². The van der Waals surface area contributed by atoms with Gasteiger partial charge in [0, 0.05) is 24.7 Å². The Bertz CT molecular complexity index is 1010. The van der Waals surface area contributed by atoms with Gasteiger partial charge >= 0.3 is 5.97 Å². The molecule has 0 saturated carbocycles. The Morgan fingerprint density at radius 2 is 2.00 bits per heavy atom. The van der Waals surface area contributed by atoms with E-state index < -0.39 is 16.0 Å². The molecular weight excluding hydrogens is 348 g/mol. The first-order chi connectivity index (χ1) is 11.9. The molecule has 0 aromatic carbocycles. The third-order valence-electron chi connectivity index (χ3n) is 3.18. The molecule has 0 saturated heterocycles. The Hall–Kier alpha value is -3.21. The smallest absolute Gasteiger partial charge is 0.354 e. The fourth-order valence-corrected chi connectivity index (χ4v) is 3.10. The largest absolute Gasteiger partial charge is 0.464 e. The quantitative estimate of drug-likeness (QED) is 0.644. The number of hydrogen-bond donors (Lipinski definition) is 2. The summed E-state index contributed by atoms with van der Waals surface area (Å²) in [5, 5.41) is 4.19. The summed E-state index contributed by atoms with van der Waals surface area (Å²) in [5.74, 6) is -0.276.